The van der Waals surface area contributed by atoms with Crippen LogP contribution >= 0.6 is 0 Å². The Kier molecular flexibility index (Phi) is 9.83. The maximum absolute atomic E-state index is 11.3. The van der Waals surface area contributed by atoms with Crippen LogP contribution in [-0.2, 0) is 9.53 Å². The van der Waals surface area contributed by atoms with E-state index in [2.05, 4.69) is 19.2 Å². The topological polar surface area (TPSA) is 61.8 Å². The van der Waals surface area contributed by atoms with Gasteiger partial charge < -0.3 is 20.1 Å². The molecular weight excluding hydrogens is 244 g/mol. The van der Waals surface area contributed by atoms with Gasteiger partial charge in [-0.25, -0.2) is 0 Å². The molecule has 2 N–H and O–H groups in total. The van der Waals surface area contributed by atoms with Gasteiger partial charge in [-0.05, 0) is 19.3 Å². The first-order valence-corrected chi connectivity index (χ1v) is 7.03. The van der Waals surface area contributed by atoms with Gasteiger partial charge in [0, 0.05) is 33.6 Å². The van der Waals surface area contributed by atoms with Gasteiger partial charge in [-0.3, -0.25) is 4.79 Å². The fourth-order valence-electron chi connectivity index (χ4n) is 1.75. The number of hydrogen-bond donors (Lipinski definition) is 2. The van der Waals surface area contributed by atoms with E-state index in [1.165, 1.54) is 0 Å². The molecule has 0 radical (unpaired) electrons. The molecule has 5 heteroatoms. The molecule has 2 atom stereocenters. The molecule has 114 valence electrons. The Bertz CT molecular complexity index is 245. The summed E-state index contributed by atoms with van der Waals surface area (Å²) in [5.41, 5.74) is 0. The minimum atomic E-state index is -0.524. The predicted octanol–water partition coefficient (Wildman–Crippen LogP) is 0.866. The van der Waals surface area contributed by atoms with Crippen LogP contribution in [0.3, 0.4) is 0 Å². The zero-order chi connectivity index (χ0) is 14.8. The van der Waals surface area contributed by atoms with Gasteiger partial charge in [-0.1, -0.05) is 13.8 Å². The van der Waals surface area contributed by atoms with E-state index in [4.69, 9.17) is 4.74 Å². The summed E-state index contributed by atoms with van der Waals surface area (Å²) in [7, 11) is 3.47. The minimum absolute atomic E-state index is 0.0868. The van der Waals surface area contributed by atoms with Crippen molar-refractivity contribution in [3.05, 3.63) is 0 Å². The maximum atomic E-state index is 11.3. The second kappa shape index (κ2) is 10.2. The van der Waals surface area contributed by atoms with Gasteiger partial charge in [0.15, 0.2) is 0 Å². The van der Waals surface area contributed by atoms with Crippen molar-refractivity contribution in [2.45, 2.75) is 45.8 Å². The van der Waals surface area contributed by atoms with E-state index in [0.29, 0.717) is 32.0 Å². The quantitative estimate of drug-likeness (QED) is 0.580. The number of aliphatic hydroxyl groups excluding tert-OH is 1. The fraction of sp³-hybridized carbons (Fsp3) is 0.929. The third-order valence-electron chi connectivity index (χ3n) is 2.77. The van der Waals surface area contributed by atoms with E-state index in [-0.39, 0.29) is 12.0 Å². The Labute approximate surface area is 117 Å². The van der Waals surface area contributed by atoms with Crippen molar-refractivity contribution in [2.24, 2.45) is 5.92 Å². The lowest BCUT2D eigenvalue weighted by atomic mass is 10.1. The molecule has 0 aliphatic heterocycles. The second-order valence-corrected chi connectivity index (χ2v) is 5.67. The van der Waals surface area contributed by atoms with E-state index in [1.54, 1.807) is 19.0 Å². The summed E-state index contributed by atoms with van der Waals surface area (Å²) in [5.74, 6) is 0.686. The fourth-order valence-corrected chi connectivity index (χ4v) is 1.75. The highest BCUT2D eigenvalue weighted by Crippen LogP contribution is 2.07. The van der Waals surface area contributed by atoms with E-state index in [0.717, 1.165) is 6.42 Å². The van der Waals surface area contributed by atoms with Crippen LogP contribution in [0, 0.1) is 5.92 Å². The van der Waals surface area contributed by atoms with Gasteiger partial charge in [-0.15, -0.1) is 0 Å². The highest BCUT2D eigenvalue weighted by atomic mass is 16.5. The van der Waals surface area contributed by atoms with E-state index in [9.17, 15) is 9.90 Å². The third kappa shape index (κ3) is 10.9. The van der Waals surface area contributed by atoms with Crippen LogP contribution in [0.1, 0.15) is 33.6 Å². The number of nitrogens with zero attached hydrogens (tertiary/aromatic N) is 1. The van der Waals surface area contributed by atoms with Crippen LogP contribution in [0.15, 0.2) is 0 Å². The predicted molar refractivity (Wildman–Crippen MR) is 77.1 cm³/mol. The van der Waals surface area contributed by atoms with Gasteiger partial charge in [0.05, 0.1) is 18.8 Å². The molecular formula is C14H30N2O3. The van der Waals surface area contributed by atoms with E-state index in [1.807, 2.05) is 6.92 Å². The van der Waals surface area contributed by atoms with Crippen molar-refractivity contribution in [1.82, 2.24) is 10.2 Å². The second-order valence-electron chi connectivity index (χ2n) is 5.67. The van der Waals surface area contributed by atoms with Crippen LogP contribution in [0.5, 0.6) is 0 Å². The van der Waals surface area contributed by atoms with Crippen molar-refractivity contribution < 1.29 is 14.6 Å². The molecule has 0 fully saturated rings. The summed E-state index contributed by atoms with van der Waals surface area (Å²) >= 11 is 0. The van der Waals surface area contributed by atoms with Crippen LogP contribution in [0.4, 0.5) is 0 Å². The number of ether oxygens (including phenoxy) is 1. The number of nitrogens with one attached hydrogen (secondary N) is 1. The molecule has 0 heterocycles. The zero-order valence-electron chi connectivity index (χ0n) is 13.0. The number of amides is 1. The van der Waals surface area contributed by atoms with Crippen LogP contribution in [-0.4, -0.2) is 61.9 Å². The molecule has 0 aromatic rings. The number of hydrogen-bond acceptors (Lipinski definition) is 4. The van der Waals surface area contributed by atoms with Crippen molar-refractivity contribution >= 4 is 5.91 Å². The van der Waals surface area contributed by atoms with Gasteiger partial charge in [0.1, 0.15) is 0 Å². The molecule has 1 amide bonds. The summed E-state index contributed by atoms with van der Waals surface area (Å²) in [6.07, 6.45) is 1.09. The van der Waals surface area contributed by atoms with Crippen LogP contribution < -0.4 is 5.32 Å². The number of aliphatic hydroxyl groups is 1. The molecule has 0 spiro atoms. The highest BCUT2D eigenvalue weighted by Gasteiger charge is 2.10. The molecule has 0 aromatic heterocycles. The van der Waals surface area contributed by atoms with Crippen molar-refractivity contribution in [3.8, 4) is 0 Å². The van der Waals surface area contributed by atoms with Gasteiger partial charge in [0.2, 0.25) is 5.91 Å². The number of carbonyl (C=O) groups is 1. The van der Waals surface area contributed by atoms with Crippen molar-refractivity contribution in [3.63, 3.8) is 0 Å². The highest BCUT2D eigenvalue weighted by molar-refractivity contribution is 5.75. The standard InChI is InChI=1S/C14H30N2O3/c1-11(2)8-12(3)19-10-13(17)9-15-7-6-14(18)16(4)5/h11-13,15,17H,6-10H2,1-5H3. The lowest BCUT2D eigenvalue weighted by molar-refractivity contribution is -0.128. The molecule has 19 heavy (non-hydrogen) atoms. The van der Waals surface area contributed by atoms with Gasteiger partial charge >= 0.3 is 0 Å². The molecule has 2 unspecified atom stereocenters. The first-order chi connectivity index (χ1) is 8.82. The monoisotopic (exact) mass is 274 g/mol. The van der Waals surface area contributed by atoms with Gasteiger partial charge in [-0.2, -0.15) is 0 Å². The van der Waals surface area contributed by atoms with Crippen molar-refractivity contribution in [1.29, 1.82) is 0 Å². The smallest absolute Gasteiger partial charge is 0.223 e. The average molecular weight is 274 g/mol. The Morgan fingerprint density at radius 2 is 1.95 bits per heavy atom. The molecule has 0 aliphatic rings. The zero-order valence-corrected chi connectivity index (χ0v) is 13.0. The number of rotatable bonds is 10. The molecule has 0 bridgehead atoms. The Morgan fingerprint density at radius 3 is 2.47 bits per heavy atom. The summed E-state index contributed by atoms with van der Waals surface area (Å²) in [6, 6.07) is 0. The first kappa shape index (κ1) is 18.4. The Balaban J connectivity index is 3.54. The largest absolute Gasteiger partial charge is 0.389 e. The van der Waals surface area contributed by atoms with E-state index >= 15 is 0 Å². The number of carbonyl (C=O) groups excluding carboxylic acids is 1. The molecule has 0 aromatic carbocycles. The minimum Gasteiger partial charge on any atom is -0.389 e. The molecule has 0 saturated heterocycles. The van der Waals surface area contributed by atoms with Crippen molar-refractivity contribution in [2.75, 3.05) is 33.8 Å². The lowest BCUT2D eigenvalue weighted by Crippen LogP contribution is -2.34. The SMILES string of the molecule is CC(C)CC(C)OCC(O)CNCCC(=O)N(C)C. The first-order valence-electron chi connectivity index (χ1n) is 7.03. The normalized spacial score (nSPS) is 14.5. The third-order valence-corrected chi connectivity index (χ3v) is 2.77. The van der Waals surface area contributed by atoms with Crippen LogP contribution in [0.25, 0.3) is 0 Å². The average Bonchev–Trinajstić information content (AvgIpc) is 2.30. The summed E-state index contributed by atoms with van der Waals surface area (Å²) in [5, 5.41) is 12.8. The summed E-state index contributed by atoms with van der Waals surface area (Å²) in [6.45, 7) is 7.70. The Hall–Kier alpha value is -0.650. The molecule has 0 rings (SSSR count). The summed E-state index contributed by atoms with van der Waals surface area (Å²) < 4.78 is 5.57. The molecule has 0 saturated carbocycles. The Morgan fingerprint density at radius 1 is 1.32 bits per heavy atom. The summed E-state index contributed by atoms with van der Waals surface area (Å²) in [4.78, 5) is 12.9. The molecule has 5 nitrogen and oxygen atoms in total. The molecule has 0 aliphatic carbocycles. The van der Waals surface area contributed by atoms with Crippen LogP contribution in [0.2, 0.25) is 0 Å². The lowest BCUT2D eigenvalue weighted by Gasteiger charge is -2.18. The van der Waals surface area contributed by atoms with Gasteiger partial charge in [0.25, 0.3) is 0 Å². The maximum Gasteiger partial charge on any atom is 0.223 e. The van der Waals surface area contributed by atoms with E-state index < -0.39 is 6.10 Å².